The van der Waals surface area contributed by atoms with Gasteiger partial charge in [0.05, 0.1) is 4.90 Å². The third kappa shape index (κ3) is 7.14. The SMILES string of the molecule is C=CCN(CC=C)S(=O)(=O)c1ccc(NC(=O)CCCCCCC)cc1. The van der Waals surface area contributed by atoms with Gasteiger partial charge >= 0.3 is 0 Å². The molecule has 1 aromatic carbocycles. The summed E-state index contributed by atoms with van der Waals surface area (Å²) in [5.41, 5.74) is 0.599. The summed E-state index contributed by atoms with van der Waals surface area (Å²) in [6.07, 6.45) is 9.02. The molecule has 0 aromatic heterocycles. The summed E-state index contributed by atoms with van der Waals surface area (Å²) >= 11 is 0. The highest BCUT2D eigenvalue weighted by molar-refractivity contribution is 7.89. The van der Waals surface area contributed by atoms with Crippen molar-refractivity contribution >= 4 is 21.6 Å². The average molecular weight is 379 g/mol. The summed E-state index contributed by atoms with van der Waals surface area (Å²) in [4.78, 5) is 12.1. The van der Waals surface area contributed by atoms with Crippen LogP contribution in [-0.4, -0.2) is 31.7 Å². The molecule has 1 N–H and O–H groups in total. The molecular formula is C20H30N2O3S. The molecule has 0 saturated carbocycles. The second-order valence-corrected chi connectivity index (χ2v) is 8.07. The zero-order valence-corrected chi connectivity index (χ0v) is 16.4. The van der Waals surface area contributed by atoms with E-state index in [-0.39, 0.29) is 23.9 Å². The Morgan fingerprint density at radius 3 is 2.15 bits per heavy atom. The smallest absolute Gasteiger partial charge is 0.243 e. The van der Waals surface area contributed by atoms with Gasteiger partial charge in [-0.15, -0.1) is 13.2 Å². The fourth-order valence-electron chi connectivity index (χ4n) is 2.53. The van der Waals surface area contributed by atoms with Gasteiger partial charge in [-0.05, 0) is 30.7 Å². The highest BCUT2D eigenvalue weighted by Crippen LogP contribution is 2.19. The molecule has 0 aliphatic rings. The molecule has 0 heterocycles. The number of unbranched alkanes of at least 4 members (excludes halogenated alkanes) is 4. The van der Waals surface area contributed by atoms with Crippen molar-refractivity contribution < 1.29 is 13.2 Å². The van der Waals surface area contributed by atoms with Crippen LogP contribution < -0.4 is 5.32 Å². The summed E-state index contributed by atoms with van der Waals surface area (Å²) in [5.74, 6) is -0.0444. The fourth-order valence-corrected chi connectivity index (χ4v) is 3.91. The minimum absolute atomic E-state index is 0.0444. The number of nitrogens with zero attached hydrogens (tertiary/aromatic N) is 1. The van der Waals surface area contributed by atoms with E-state index in [1.165, 1.54) is 41.4 Å². The topological polar surface area (TPSA) is 66.5 Å². The van der Waals surface area contributed by atoms with Crippen LogP contribution in [0.3, 0.4) is 0 Å². The predicted molar refractivity (Wildman–Crippen MR) is 108 cm³/mol. The first-order chi connectivity index (χ1) is 12.5. The van der Waals surface area contributed by atoms with Crippen molar-refractivity contribution in [3.8, 4) is 0 Å². The first-order valence-electron chi connectivity index (χ1n) is 9.07. The number of nitrogens with one attached hydrogen (secondary N) is 1. The molecule has 0 radical (unpaired) electrons. The third-order valence-corrected chi connectivity index (χ3v) is 5.79. The first kappa shape index (κ1) is 22.1. The number of hydrogen-bond donors (Lipinski definition) is 1. The van der Waals surface area contributed by atoms with Gasteiger partial charge in [0, 0.05) is 25.2 Å². The highest BCUT2D eigenvalue weighted by atomic mass is 32.2. The van der Waals surface area contributed by atoms with Crippen molar-refractivity contribution in [2.45, 2.75) is 50.3 Å². The number of amides is 1. The van der Waals surface area contributed by atoms with E-state index in [4.69, 9.17) is 0 Å². The summed E-state index contributed by atoms with van der Waals surface area (Å²) < 4.78 is 26.5. The molecule has 1 amide bonds. The molecule has 0 aliphatic heterocycles. The molecule has 0 unspecified atom stereocenters. The standard InChI is InChI=1S/C20H30N2O3S/c1-4-7-8-9-10-11-20(23)21-18-12-14-19(15-13-18)26(24,25)22(16-5-2)17-6-3/h5-6,12-15H,2-4,7-11,16-17H2,1H3,(H,21,23). The van der Waals surface area contributed by atoms with Gasteiger partial charge in [-0.3, -0.25) is 4.79 Å². The molecule has 6 heteroatoms. The van der Waals surface area contributed by atoms with E-state index < -0.39 is 10.0 Å². The molecule has 144 valence electrons. The van der Waals surface area contributed by atoms with Gasteiger partial charge in [-0.2, -0.15) is 4.31 Å². The minimum atomic E-state index is -3.62. The quantitative estimate of drug-likeness (QED) is 0.410. The Morgan fingerprint density at radius 1 is 1.04 bits per heavy atom. The van der Waals surface area contributed by atoms with Gasteiger partial charge in [0.25, 0.3) is 0 Å². The number of sulfonamides is 1. The van der Waals surface area contributed by atoms with Crippen LogP contribution in [0, 0.1) is 0 Å². The van der Waals surface area contributed by atoms with Gasteiger partial charge in [0.1, 0.15) is 0 Å². The predicted octanol–water partition coefficient (Wildman–Crippen LogP) is 4.35. The van der Waals surface area contributed by atoms with Crippen molar-refractivity contribution in [3.63, 3.8) is 0 Å². The molecule has 0 aliphatic carbocycles. The van der Waals surface area contributed by atoms with Crippen LogP contribution >= 0.6 is 0 Å². The number of benzene rings is 1. The minimum Gasteiger partial charge on any atom is -0.326 e. The van der Waals surface area contributed by atoms with Gasteiger partial charge in [-0.25, -0.2) is 8.42 Å². The van der Waals surface area contributed by atoms with Gasteiger partial charge in [-0.1, -0.05) is 44.8 Å². The number of anilines is 1. The molecule has 0 spiro atoms. The molecule has 0 saturated heterocycles. The lowest BCUT2D eigenvalue weighted by Gasteiger charge is -2.19. The second-order valence-electron chi connectivity index (χ2n) is 6.14. The Labute approximate surface area is 157 Å². The number of carbonyl (C=O) groups excluding carboxylic acids is 1. The van der Waals surface area contributed by atoms with Crippen LogP contribution in [0.25, 0.3) is 0 Å². The fraction of sp³-hybridized carbons (Fsp3) is 0.450. The van der Waals surface area contributed by atoms with E-state index in [0.29, 0.717) is 12.1 Å². The summed E-state index contributed by atoms with van der Waals surface area (Å²) in [6, 6.07) is 6.24. The van der Waals surface area contributed by atoms with Gasteiger partial charge in [0.2, 0.25) is 15.9 Å². The van der Waals surface area contributed by atoms with Crippen LogP contribution in [0.15, 0.2) is 54.5 Å². The Kier molecular flexibility index (Phi) is 9.91. The summed E-state index contributed by atoms with van der Waals surface area (Å²) in [6.45, 7) is 9.76. The van der Waals surface area contributed by atoms with E-state index in [9.17, 15) is 13.2 Å². The van der Waals surface area contributed by atoms with E-state index in [1.807, 2.05) is 0 Å². The van der Waals surface area contributed by atoms with Crippen molar-refractivity contribution in [1.29, 1.82) is 0 Å². The number of rotatable bonds is 13. The normalized spacial score (nSPS) is 11.3. The van der Waals surface area contributed by atoms with E-state index in [0.717, 1.165) is 19.3 Å². The van der Waals surface area contributed by atoms with Crippen LogP contribution in [0.5, 0.6) is 0 Å². The Balaban J connectivity index is 2.65. The Morgan fingerprint density at radius 2 is 1.62 bits per heavy atom. The zero-order valence-electron chi connectivity index (χ0n) is 15.6. The summed E-state index contributed by atoms with van der Waals surface area (Å²) in [5, 5.41) is 2.81. The van der Waals surface area contributed by atoms with Crippen molar-refractivity contribution in [2.24, 2.45) is 0 Å². The van der Waals surface area contributed by atoms with Crippen molar-refractivity contribution in [2.75, 3.05) is 18.4 Å². The lowest BCUT2D eigenvalue weighted by Crippen LogP contribution is -2.31. The van der Waals surface area contributed by atoms with Gasteiger partial charge < -0.3 is 5.32 Å². The molecule has 0 atom stereocenters. The maximum Gasteiger partial charge on any atom is 0.243 e. The Hall–Kier alpha value is -1.92. The van der Waals surface area contributed by atoms with E-state index in [1.54, 1.807) is 12.1 Å². The average Bonchev–Trinajstić information content (AvgIpc) is 2.62. The maximum atomic E-state index is 12.6. The lowest BCUT2D eigenvalue weighted by molar-refractivity contribution is -0.116. The molecule has 5 nitrogen and oxygen atoms in total. The van der Waals surface area contributed by atoms with Crippen molar-refractivity contribution in [1.82, 2.24) is 4.31 Å². The highest BCUT2D eigenvalue weighted by Gasteiger charge is 2.22. The first-order valence-corrected chi connectivity index (χ1v) is 10.5. The molecule has 0 bridgehead atoms. The molecule has 0 fully saturated rings. The monoisotopic (exact) mass is 378 g/mol. The number of carbonyl (C=O) groups is 1. The lowest BCUT2D eigenvalue weighted by atomic mass is 10.1. The van der Waals surface area contributed by atoms with Crippen LogP contribution in [0.4, 0.5) is 5.69 Å². The zero-order chi connectivity index (χ0) is 19.4. The van der Waals surface area contributed by atoms with Crippen LogP contribution in [-0.2, 0) is 14.8 Å². The van der Waals surface area contributed by atoms with E-state index in [2.05, 4.69) is 25.4 Å². The number of hydrogen-bond acceptors (Lipinski definition) is 3. The van der Waals surface area contributed by atoms with Crippen molar-refractivity contribution in [3.05, 3.63) is 49.6 Å². The largest absolute Gasteiger partial charge is 0.326 e. The van der Waals surface area contributed by atoms with E-state index >= 15 is 0 Å². The molecule has 1 aromatic rings. The summed E-state index contributed by atoms with van der Waals surface area (Å²) in [7, 11) is -3.62. The maximum absolute atomic E-state index is 12.6. The second kappa shape index (κ2) is 11.6. The van der Waals surface area contributed by atoms with Crippen LogP contribution in [0.1, 0.15) is 45.4 Å². The Bertz CT molecular complexity index is 672. The molecular weight excluding hydrogens is 348 g/mol. The van der Waals surface area contributed by atoms with Gasteiger partial charge in [0.15, 0.2) is 0 Å². The third-order valence-electron chi connectivity index (χ3n) is 3.95. The molecule has 1 rings (SSSR count). The van der Waals surface area contributed by atoms with Crippen LogP contribution in [0.2, 0.25) is 0 Å². The molecule has 26 heavy (non-hydrogen) atoms.